The van der Waals surface area contributed by atoms with Crippen molar-refractivity contribution >= 4 is 11.9 Å². The van der Waals surface area contributed by atoms with Crippen LogP contribution in [0.15, 0.2) is 34.2 Å². The number of carbonyl (C=O) groups excluding carboxylic acids is 1. The van der Waals surface area contributed by atoms with Gasteiger partial charge in [0.25, 0.3) is 0 Å². The molecule has 7 heteroatoms. The quantitative estimate of drug-likeness (QED) is 0.433. The van der Waals surface area contributed by atoms with Crippen LogP contribution in [0.25, 0.3) is 0 Å². The summed E-state index contributed by atoms with van der Waals surface area (Å²) in [6.45, 7) is 3.31. The highest BCUT2D eigenvalue weighted by Gasteiger charge is 2.23. The minimum absolute atomic E-state index is 0.0417. The Kier molecular flexibility index (Phi) is 7.50. The van der Waals surface area contributed by atoms with Crippen molar-refractivity contribution in [1.82, 2.24) is 14.8 Å². The van der Waals surface area contributed by atoms with E-state index in [1.54, 1.807) is 23.7 Å². The lowest BCUT2D eigenvalue weighted by Gasteiger charge is -2.34. The molecule has 1 unspecified atom stereocenters. The van der Waals surface area contributed by atoms with Gasteiger partial charge in [-0.2, -0.15) is 0 Å². The number of guanidine groups is 1. The largest absolute Gasteiger partial charge is 0.370 e. The summed E-state index contributed by atoms with van der Waals surface area (Å²) in [6, 6.07) is 5.22. The highest BCUT2D eigenvalue weighted by molar-refractivity contribution is 5.80. The van der Waals surface area contributed by atoms with Crippen LogP contribution in [0.1, 0.15) is 32.1 Å². The molecule has 1 atom stereocenters. The molecule has 0 spiro atoms. The molecule has 1 aliphatic rings. The normalized spacial score (nSPS) is 18.2. The van der Waals surface area contributed by atoms with E-state index in [1.807, 2.05) is 12.3 Å². The third kappa shape index (κ3) is 6.25. The Morgan fingerprint density at radius 3 is 2.96 bits per heavy atom. The summed E-state index contributed by atoms with van der Waals surface area (Å²) in [5.41, 5.74) is 5.36. The van der Waals surface area contributed by atoms with Gasteiger partial charge in [0.2, 0.25) is 11.5 Å². The molecule has 1 amide bonds. The third-order valence-electron chi connectivity index (χ3n) is 4.53. The number of nitrogens with zero attached hydrogens (tertiary/aromatic N) is 3. The monoisotopic (exact) mass is 347 g/mol. The van der Waals surface area contributed by atoms with E-state index in [-0.39, 0.29) is 11.5 Å². The first-order chi connectivity index (χ1) is 12.1. The molecule has 1 fully saturated rings. The Bertz CT molecular complexity index is 640. The van der Waals surface area contributed by atoms with Gasteiger partial charge >= 0.3 is 0 Å². The second-order valence-electron chi connectivity index (χ2n) is 6.54. The smallest absolute Gasteiger partial charge is 0.250 e. The van der Waals surface area contributed by atoms with E-state index in [0.29, 0.717) is 12.3 Å². The van der Waals surface area contributed by atoms with Crippen molar-refractivity contribution in [2.75, 3.05) is 26.7 Å². The number of aromatic nitrogens is 1. The fourth-order valence-electron chi connectivity index (χ4n) is 3.29. The number of aryl methyl sites for hydroxylation is 1. The second kappa shape index (κ2) is 9.86. The predicted molar refractivity (Wildman–Crippen MR) is 99.4 cm³/mol. The van der Waals surface area contributed by atoms with Crippen LogP contribution in [0.4, 0.5) is 0 Å². The number of hydrogen-bond donors (Lipinski definition) is 2. The molecule has 0 saturated carbocycles. The van der Waals surface area contributed by atoms with E-state index in [0.717, 1.165) is 57.8 Å². The first-order valence-corrected chi connectivity index (χ1v) is 8.99. The summed E-state index contributed by atoms with van der Waals surface area (Å²) in [4.78, 5) is 29.3. The Morgan fingerprint density at radius 2 is 2.24 bits per heavy atom. The Labute approximate surface area is 148 Å². The number of hydrogen-bond acceptors (Lipinski definition) is 3. The number of nitrogens with one attached hydrogen (secondary N) is 1. The molecule has 1 aromatic rings. The van der Waals surface area contributed by atoms with Crippen molar-refractivity contribution in [2.24, 2.45) is 16.6 Å². The van der Waals surface area contributed by atoms with E-state index in [2.05, 4.69) is 15.2 Å². The standard InChI is InChI=1S/C18H29N5O2/c1-20-18(23-12-6-7-15(14-23)13-16(19)24)21-9-3-5-11-22-10-4-2-8-17(22)25/h2,4,8,10,15H,3,5-7,9,11-14H2,1H3,(H2,19,24)(H,20,21). The zero-order chi connectivity index (χ0) is 18.1. The van der Waals surface area contributed by atoms with E-state index < -0.39 is 0 Å². The molecule has 3 N–H and O–H groups in total. The molecule has 25 heavy (non-hydrogen) atoms. The van der Waals surface area contributed by atoms with Crippen LogP contribution in [-0.2, 0) is 11.3 Å². The van der Waals surface area contributed by atoms with Crippen LogP contribution < -0.4 is 16.6 Å². The highest BCUT2D eigenvalue weighted by Crippen LogP contribution is 2.19. The molecule has 138 valence electrons. The maximum Gasteiger partial charge on any atom is 0.250 e. The molecular formula is C18H29N5O2. The van der Waals surface area contributed by atoms with Gasteiger partial charge in [-0.25, -0.2) is 0 Å². The average Bonchev–Trinajstić information content (AvgIpc) is 2.59. The Balaban J connectivity index is 1.72. The van der Waals surface area contributed by atoms with Gasteiger partial charge in [-0.05, 0) is 37.7 Å². The van der Waals surface area contributed by atoms with Crippen molar-refractivity contribution in [3.05, 3.63) is 34.7 Å². The van der Waals surface area contributed by atoms with Gasteiger partial charge in [0.1, 0.15) is 0 Å². The lowest BCUT2D eigenvalue weighted by molar-refractivity contribution is -0.119. The number of nitrogens with two attached hydrogens (primary N) is 1. The van der Waals surface area contributed by atoms with Crippen LogP contribution >= 0.6 is 0 Å². The van der Waals surface area contributed by atoms with Crippen molar-refractivity contribution < 1.29 is 4.79 Å². The Hall–Kier alpha value is -2.31. The molecular weight excluding hydrogens is 318 g/mol. The number of carbonyl (C=O) groups is 1. The van der Waals surface area contributed by atoms with Crippen molar-refractivity contribution in [3.8, 4) is 0 Å². The summed E-state index contributed by atoms with van der Waals surface area (Å²) in [7, 11) is 1.78. The first-order valence-electron chi connectivity index (χ1n) is 8.99. The molecule has 0 radical (unpaired) electrons. The van der Waals surface area contributed by atoms with Crippen LogP contribution in [0, 0.1) is 5.92 Å². The van der Waals surface area contributed by atoms with Crippen LogP contribution in [0.5, 0.6) is 0 Å². The predicted octanol–water partition coefficient (Wildman–Crippen LogP) is 0.791. The van der Waals surface area contributed by atoms with E-state index in [1.165, 1.54) is 0 Å². The molecule has 0 aromatic carbocycles. The summed E-state index contributed by atoms with van der Waals surface area (Å²) in [6.07, 6.45) is 6.25. The number of pyridine rings is 1. The molecule has 1 aromatic heterocycles. The average molecular weight is 347 g/mol. The van der Waals surface area contributed by atoms with Crippen LogP contribution in [0.3, 0.4) is 0 Å². The van der Waals surface area contributed by atoms with E-state index in [4.69, 9.17) is 5.73 Å². The fourth-order valence-corrected chi connectivity index (χ4v) is 3.29. The lowest BCUT2D eigenvalue weighted by Crippen LogP contribution is -2.47. The number of aliphatic imine (C=N–C) groups is 1. The number of piperidine rings is 1. The van der Waals surface area contributed by atoms with Crippen molar-refractivity contribution in [1.29, 1.82) is 0 Å². The first kappa shape index (κ1) is 19.0. The number of unbranched alkanes of at least 4 members (excludes halogenated alkanes) is 1. The Morgan fingerprint density at radius 1 is 1.40 bits per heavy atom. The molecule has 7 nitrogen and oxygen atoms in total. The lowest BCUT2D eigenvalue weighted by atomic mass is 9.95. The number of primary amides is 1. The molecule has 1 saturated heterocycles. The summed E-state index contributed by atoms with van der Waals surface area (Å²) in [5, 5.41) is 3.39. The van der Waals surface area contributed by atoms with Crippen LogP contribution in [0.2, 0.25) is 0 Å². The number of amides is 1. The van der Waals surface area contributed by atoms with Gasteiger partial charge in [0, 0.05) is 51.9 Å². The highest BCUT2D eigenvalue weighted by atomic mass is 16.1. The van der Waals surface area contributed by atoms with E-state index in [9.17, 15) is 9.59 Å². The van der Waals surface area contributed by atoms with Gasteiger partial charge in [-0.15, -0.1) is 0 Å². The van der Waals surface area contributed by atoms with Gasteiger partial charge < -0.3 is 20.5 Å². The topological polar surface area (TPSA) is 92.7 Å². The number of rotatable bonds is 7. The molecule has 0 bridgehead atoms. The molecule has 0 aliphatic carbocycles. The summed E-state index contributed by atoms with van der Waals surface area (Å²) in [5.74, 6) is 0.965. The molecule has 2 heterocycles. The van der Waals surface area contributed by atoms with Gasteiger partial charge in [-0.3, -0.25) is 14.6 Å². The van der Waals surface area contributed by atoms with Gasteiger partial charge in [-0.1, -0.05) is 6.07 Å². The maximum absolute atomic E-state index is 11.6. The second-order valence-corrected chi connectivity index (χ2v) is 6.54. The summed E-state index contributed by atoms with van der Waals surface area (Å²) < 4.78 is 1.73. The maximum atomic E-state index is 11.6. The molecule has 1 aliphatic heterocycles. The fraction of sp³-hybridized carbons (Fsp3) is 0.611. The van der Waals surface area contributed by atoms with Gasteiger partial charge in [0.05, 0.1) is 0 Å². The zero-order valence-electron chi connectivity index (χ0n) is 15.0. The van der Waals surface area contributed by atoms with Crippen molar-refractivity contribution in [2.45, 2.75) is 38.6 Å². The van der Waals surface area contributed by atoms with E-state index >= 15 is 0 Å². The minimum atomic E-state index is -0.231. The van der Waals surface area contributed by atoms with Crippen LogP contribution in [-0.4, -0.2) is 48.0 Å². The minimum Gasteiger partial charge on any atom is -0.370 e. The molecule has 2 rings (SSSR count). The zero-order valence-corrected chi connectivity index (χ0v) is 15.0. The van der Waals surface area contributed by atoms with Gasteiger partial charge in [0.15, 0.2) is 5.96 Å². The number of likely N-dealkylation sites (tertiary alicyclic amines) is 1. The third-order valence-corrected chi connectivity index (χ3v) is 4.53. The SMILES string of the molecule is CN=C(NCCCCn1ccccc1=O)N1CCCC(CC(N)=O)C1. The summed E-state index contributed by atoms with van der Waals surface area (Å²) >= 11 is 0. The van der Waals surface area contributed by atoms with Crippen molar-refractivity contribution in [3.63, 3.8) is 0 Å².